The van der Waals surface area contributed by atoms with Crippen molar-refractivity contribution in [3.63, 3.8) is 0 Å². The minimum absolute atomic E-state index is 0.0132. The van der Waals surface area contributed by atoms with Crippen LogP contribution in [0.1, 0.15) is 0 Å². The Hall–Kier alpha value is -5.74. The van der Waals surface area contributed by atoms with Crippen molar-refractivity contribution in [2.24, 2.45) is 10.2 Å². The highest BCUT2D eigenvalue weighted by Gasteiger charge is 2.23. The number of phenols is 1. The number of ether oxygens (including phenoxy) is 4. The molecule has 2 heterocycles. The largest absolute Gasteiger partial charge is 0.505 e. The lowest BCUT2D eigenvalue weighted by molar-refractivity contribution is -0.138. The van der Waals surface area contributed by atoms with E-state index >= 15 is 0 Å². The van der Waals surface area contributed by atoms with Crippen LogP contribution in [0.15, 0.2) is 57.6 Å². The Kier molecular flexibility index (Phi) is 11.7. The molecule has 1 unspecified atom stereocenters. The molecule has 1 aliphatic rings. The Morgan fingerprint density at radius 3 is 2.51 bits per heavy atom. The number of aliphatic carboxylic acids is 1. The number of phenolic OH excluding ortho intramolecular Hbond substituents is 1. The summed E-state index contributed by atoms with van der Waals surface area (Å²) in [5.41, 5.74) is -0.0197. The summed E-state index contributed by atoms with van der Waals surface area (Å²) in [7, 11) is -3.41. The fraction of sp³-hybridized carbons (Fsp3) is 0.300. The van der Waals surface area contributed by atoms with Crippen LogP contribution >= 0.6 is 0 Å². The van der Waals surface area contributed by atoms with Gasteiger partial charge in [-0.2, -0.15) is 23.4 Å². The van der Waals surface area contributed by atoms with E-state index < -0.39 is 39.4 Å². The van der Waals surface area contributed by atoms with E-state index in [4.69, 9.17) is 18.9 Å². The van der Waals surface area contributed by atoms with Crippen molar-refractivity contribution >= 4 is 62.3 Å². The van der Waals surface area contributed by atoms with Crippen molar-refractivity contribution in [1.29, 1.82) is 0 Å². The summed E-state index contributed by atoms with van der Waals surface area (Å²) in [4.78, 5) is 36.5. The van der Waals surface area contributed by atoms with Gasteiger partial charge >= 0.3 is 12.0 Å². The Labute approximate surface area is 289 Å². The lowest BCUT2D eigenvalue weighted by Crippen LogP contribution is -2.38. The average molecular weight is 729 g/mol. The van der Waals surface area contributed by atoms with Gasteiger partial charge in [-0.3, -0.25) is 14.2 Å². The molecule has 1 saturated heterocycles. The molecule has 51 heavy (non-hydrogen) atoms. The number of aliphatic hydroxyl groups excluding tert-OH is 1. The number of aliphatic hydroxyl groups is 1. The summed E-state index contributed by atoms with van der Waals surface area (Å²) in [6, 6.07) is 7.42. The second kappa shape index (κ2) is 16.3. The topological polar surface area (TPSA) is 277 Å². The Bertz CT molecular complexity index is 2040. The van der Waals surface area contributed by atoms with Crippen LogP contribution in [0.3, 0.4) is 0 Å². The van der Waals surface area contributed by atoms with Gasteiger partial charge in [0, 0.05) is 31.1 Å². The van der Waals surface area contributed by atoms with Crippen molar-refractivity contribution in [3.8, 4) is 23.3 Å². The van der Waals surface area contributed by atoms with Crippen LogP contribution in [0.25, 0.3) is 10.8 Å². The summed E-state index contributed by atoms with van der Waals surface area (Å²) >= 11 is 0. The molecular formula is C30H32N8O12S. The maximum absolute atomic E-state index is 12.3. The first-order valence-corrected chi connectivity index (χ1v) is 16.5. The number of nitrogens with zero attached hydrogens (tertiary/aromatic N) is 6. The predicted octanol–water partition coefficient (Wildman–Crippen LogP) is 2.25. The maximum Gasteiger partial charge on any atom is 0.328 e. The summed E-state index contributed by atoms with van der Waals surface area (Å²) in [5, 5.41) is 43.7. The molecule has 1 atom stereocenters. The quantitative estimate of drug-likeness (QED) is 0.0548. The molecule has 4 aromatic rings. The zero-order chi connectivity index (χ0) is 36.5. The van der Waals surface area contributed by atoms with Gasteiger partial charge in [0.2, 0.25) is 11.9 Å². The number of rotatable bonds is 16. The number of azo groups is 1. The zero-order valence-corrected chi connectivity index (χ0v) is 27.6. The van der Waals surface area contributed by atoms with Crippen molar-refractivity contribution in [2.45, 2.75) is 10.9 Å². The van der Waals surface area contributed by atoms with Crippen LogP contribution < -0.4 is 24.8 Å². The monoisotopic (exact) mass is 728 g/mol. The third kappa shape index (κ3) is 9.09. The highest BCUT2D eigenvalue weighted by Crippen LogP contribution is 2.43. The molecule has 0 amide bonds. The average Bonchev–Trinajstić information content (AvgIpc) is 3.10. The first-order valence-electron chi connectivity index (χ1n) is 15.0. The van der Waals surface area contributed by atoms with E-state index in [2.05, 4.69) is 40.7 Å². The van der Waals surface area contributed by atoms with Crippen LogP contribution in [0.2, 0.25) is 0 Å². The fourth-order valence-electron chi connectivity index (χ4n) is 4.88. The number of hydrogen-bond donors (Lipinski definition) is 6. The molecule has 3 aromatic carbocycles. The van der Waals surface area contributed by atoms with Crippen LogP contribution in [-0.4, -0.2) is 120 Å². The summed E-state index contributed by atoms with van der Waals surface area (Å²) in [6.07, 6.45) is 0. The van der Waals surface area contributed by atoms with Gasteiger partial charge in [-0.15, -0.1) is 10.2 Å². The van der Waals surface area contributed by atoms with Crippen LogP contribution in [-0.2, 0) is 24.4 Å². The second-order valence-electron chi connectivity index (χ2n) is 10.6. The number of carbonyl (C=O) groups is 2. The number of methoxy groups -OCH3 is 1. The molecule has 20 nitrogen and oxygen atoms in total. The zero-order valence-electron chi connectivity index (χ0n) is 26.8. The van der Waals surface area contributed by atoms with E-state index in [1.807, 2.05) is 0 Å². The highest BCUT2D eigenvalue weighted by atomic mass is 32.2. The molecular weight excluding hydrogens is 696 g/mol. The molecule has 1 aromatic heterocycles. The standard InChI is InChI=1S/C30H32N8O12S/c1-47-23-6-2-17(50-16-40)14-21(23)37-36-20-4-3-18-24(51(44,45)46)7-5-19(25(18)26(20)41)31-28-33-29(32-22(15-39)27(42)43)35-30(34-28)49-13-10-38-8-11-48-12-9-38/h2-7,14,16,22,39,41H,8-13,15H2,1H3,(H,42,43)(H,44,45,46)(H2,31,32,33,34,35). The minimum atomic E-state index is -4.80. The Morgan fingerprint density at radius 1 is 1.08 bits per heavy atom. The Balaban J connectivity index is 1.55. The van der Waals surface area contributed by atoms with Crippen molar-refractivity contribution in [2.75, 3.05) is 63.8 Å². The van der Waals surface area contributed by atoms with E-state index in [0.29, 0.717) is 32.8 Å². The fourth-order valence-corrected chi connectivity index (χ4v) is 5.57. The second-order valence-corrected chi connectivity index (χ2v) is 12.0. The maximum atomic E-state index is 12.3. The molecule has 5 rings (SSSR count). The highest BCUT2D eigenvalue weighted by molar-refractivity contribution is 7.86. The third-order valence-electron chi connectivity index (χ3n) is 7.36. The molecule has 1 fully saturated rings. The molecule has 0 aliphatic carbocycles. The van der Waals surface area contributed by atoms with E-state index in [-0.39, 0.29) is 70.3 Å². The predicted molar refractivity (Wildman–Crippen MR) is 177 cm³/mol. The Morgan fingerprint density at radius 2 is 1.82 bits per heavy atom. The molecule has 21 heteroatoms. The third-order valence-corrected chi connectivity index (χ3v) is 8.27. The van der Waals surface area contributed by atoms with Gasteiger partial charge in [-0.1, -0.05) is 6.07 Å². The first-order chi connectivity index (χ1) is 24.5. The smallest absolute Gasteiger partial charge is 0.328 e. The lowest BCUT2D eigenvalue weighted by atomic mass is 10.1. The van der Waals surface area contributed by atoms with Gasteiger partial charge in [0.25, 0.3) is 16.6 Å². The van der Waals surface area contributed by atoms with E-state index in [9.17, 15) is 37.9 Å². The number of nitrogens with one attached hydrogen (secondary N) is 2. The number of carbonyl (C=O) groups excluding carboxylic acids is 1. The molecule has 1 aliphatic heterocycles. The number of aromatic nitrogens is 3. The SMILES string of the molecule is COc1ccc(OC=O)cc1N=Nc1ccc2c(S(=O)(=O)O)ccc(Nc3nc(NC(CO)C(=O)O)nc(OCCN4CCOCC4)n3)c2c1O. The molecule has 0 bridgehead atoms. The van der Waals surface area contributed by atoms with Gasteiger partial charge in [0.05, 0.1) is 38.0 Å². The lowest BCUT2D eigenvalue weighted by Gasteiger charge is -2.26. The number of benzene rings is 3. The summed E-state index contributed by atoms with van der Waals surface area (Å²) < 4.78 is 55.8. The minimum Gasteiger partial charge on any atom is -0.505 e. The van der Waals surface area contributed by atoms with Gasteiger partial charge < -0.3 is 44.9 Å². The summed E-state index contributed by atoms with van der Waals surface area (Å²) in [6.45, 7) is 2.61. The number of fused-ring (bicyclic) bond motifs is 1. The normalized spacial score (nSPS) is 14.3. The molecule has 0 spiro atoms. The first kappa shape index (κ1) is 36.5. The van der Waals surface area contributed by atoms with E-state index in [1.54, 1.807) is 0 Å². The summed E-state index contributed by atoms with van der Waals surface area (Å²) in [5.74, 6) is -2.11. The number of aromatic hydroxyl groups is 1. The number of carboxylic acids is 1. The van der Waals surface area contributed by atoms with E-state index in [1.165, 1.54) is 43.5 Å². The molecule has 0 radical (unpaired) electrons. The van der Waals surface area contributed by atoms with Gasteiger partial charge in [0.1, 0.15) is 34.4 Å². The van der Waals surface area contributed by atoms with Crippen LogP contribution in [0, 0.1) is 0 Å². The van der Waals surface area contributed by atoms with E-state index in [0.717, 1.165) is 6.07 Å². The molecule has 0 saturated carbocycles. The number of carboxylic acid groups (broad SMARTS) is 1. The van der Waals surface area contributed by atoms with Crippen LogP contribution in [0.4, 0.5) is 29.0 Å². The van der Waals surface area contributed by atoms with Gasteiger partial charge in [-0.05, 0) is 30.3 Å². The van der Waals surface area contributed by atoms with Gasteiger partial charge in [0.15, 0.2) is 11.8 Å². The molecule has 270 valence electrons. The van der Waals surface area contributed by atoms with Crippen molar-refractivity contribution < 1.29 is 56.8 Å². The van der Waals surface area contributed by atoms with Crippen LogP contribution in [0.5, 0.6) is 23.3 Å². The van der Waals surface area contributed by atoms with Crippen molar-refractivity contribution in [1.82, 2.24) is 19.9 Å². The van der Waals surface area contributed by atoms with Crippen molar-refractivity contribution in [3.05, 3.63) is 42.5 Å². The molecule has 6 N–H and O–H groups in total. The number of anilines is 3. The number of hydrogen-bond acceptors (Lipinski definition) is 18. The number of morpholine rings is 1. The van der Waals surface area contributed by atoms with Gasteiger partial charge in [-0.25, -0.2) is 4.79 Å².